The van der Waals surface area contributed by atoms with E-state index in [4.69, 9.17) is 0 Å². The van der Waals surface area contributed by atoms with Gasteiger partial charge in [-0.15, -0.1) is 13.2 Å². The molecule has 112 valence electrons. The van der Waals surface area contributed by atoms with Crippen LogP contribution in [0.1, 0.15) is 25.7 Å². The maximum atomic E-state index is 12.0. The lowest BCUT2D eigenvalue weighted by molar-refractivity contribution is -0.274. The Hall–Kier alpha value is -1.50. The molecule has 4 nitrogen and oxygen atoms in total. The highest BCUT2D eigenvalue weighted by Gasteiger charge is 2.31. The van der Waals surface area contributed by atoms with Gasteiger partial charge in [0, 0.05) is 6.54 Å². The zero-order valence-electron chi connectivity index (χ0n) is 10.9. The van der Waals surface area contributed by atoms with E-state index in [1.54, 1.807) is 0 Å². The first-order valence-corrected chi connectivity index (χ1v) is 6.56. The fourth-order valence-electron chi connectivity index (χ4n) is 2.38. The number of rotatable bonds is 4. The minimum Gasteiger partial charge on any atom is -0.404 e. The molecule has 0 spiro atoms. The molecule has 0 aromatic carbocycles. The van der Waals surface area contributed by atoms with E-state index in [-0.39, 0.29) is 11.9 Å². The van der Waals surface area contributed by atoms with Gasteiger partial charge < -0.3 is 15.2 Å². The van der Waals surface area contributed by atoms with Gasteiger partial charge in [0.15, 0.2) is 0 Å². The van der Waals surface area contributed by atoms with Crippen LogP contribution in [0, 0.1) is 5.92 Å². The minimum atomic E-state index is -4.70. The van der Waals surface area contributed by atoms with Gasteiger partial charge in [-0.05, 0) is 37.3 Å². The first-order valence-electron chi connectivity index (χ1n) is 6.56. The van der Waals surface area contributed by atoms with Crippen molar-refractivity contribution in [2.24, 2.45) is 5.92 Å². The molecule has 1 aliphatic rings. The molecule has 2 unspecified atom stereocenters. The number of alkyl halides is 3. The molecule has 1 aromatic heterocycles. The van der Waals surface area contributed by atoms with Crippen molar-refractivity contribution in [3.8, 4) is 5.75 Å². The molecule has 1 fully saturated rings. The van der Waals surface area contributed by atoms with Crippen molar-refractivity contribution in [1.29, 1.82) is 0 Å². The standard InChI is InChI=1S/C13H17F3N2O2/c14-13(15,16)20-11-4-5-12(18-8-11)17-7-9-2-1-3-10(19)6-9/h4-5,8-10,19H,1-3,6-7H2,(H,17,18). The van der Waals surface area contributed by atoms with Gasteiger partial charge in [-0.2, -0.15) is 0 Å². The summed E-state index contributed by atoms with van der Waals surface area (Å²) in [5, 5.41) is 12.6. The average molecular weight is 290 g/mol. The maximum Gasteiger partial charge on any atom is 0.573 e. The normalized spacial score (nSPS) is 23.4. The van der Waals surface area contributed by atoms with E-state index in [1.807, 2.05) is 0 Å². The zero-order chi connectivity index (χ0) is 14.6. The fraction of sp³-hybridized carbons (Fsp3) is 0.615. The Kier molecular flexibility index (Phi) is 4.69. The van der Waals surface area contributed by atoms with E-state index < -0.39 is 6.36 Å². The largest absolute Gasteiger partial charge is 0.573 e. The second-order valence-electron chi connectivity index (χ2n) is 4.99. The molecule has 2 atom stereocenters. The number of aromatic nitrogens is 1. The smallest absolute Gasteiger partial charge is 0.404 e. The molecule has 0 radical (unpaired) electrons. The molecule has 1 heterocycles. The molecule has 2 N–H and O–H groups in total. The summed E-state index contributed by atoms with van der Waals surface area (Å²) in [5.41, 5.74) is 0. The van der Waals surface area contributed by atoms with Crippen molar-refractivity contribution < 1.29 is 23.0 Å². The average Bonchev–Trinajstić information content (AvgIpc) is 2.36. The van der Waals surface area contributed by atoms with Crippen LogP contribution in [0.3, 0.4) is 0 Å². The van der Waals surface area contributed by atoms with Crippen LogP contribution in [0.2, 0.25) is 0 Å². The number of ether oxygens (including phenoxy) is 1. The van der Waals surface area contributed by atoms with Crippen LogP contribution >= 0.6 is 0 Å². The predicted molar refractivity (Wildman–Crippen MR) is 67.4 cm³/mol. The molecular formula is C13H17F3N2O2. The van der Waals surface area contributed by atoms with Crippen LogP contribution < -0.4 is 10.1 Å². The number of hydrogen-bond acceptors (Lipinski definition) is 4. The van der Waals surface area contributed by atoms with Gasteiger partial charge in [0.05, 0.1) is 12.3 Å². The minimum absolute atomic E-state index is 0.244. The first-order chi connectivity index (χ1) is 9.42. The van der Waals surface area contributed by atoms with Crippen molar-refractivity contribution in [2.45, 2.75) is 38.1 Å². The van der Waals surface area contributed by atoms with Crippen LogP contribution in [-0.4, -0.2) is 29.1 Å². The number of nitrogens with one attached hydrogen (secondary N) is 1. The van der Waals surface area contributed by atoms with Crippen molar-refractivity contribution in [3.63, 3.8) is 0 Å². The van der Waals surface area contributed by atoms with E-state index in [2.05, 4.69) is 15.0 Å². The summed E-state index contributed by atoms with van der Waals surface area (Å²) < 4.78 is 39.7. The van der Waals surface area contributed by atoms with E-state index in [1.165, 1.54) is 12.1 Å². The molecule has 1 aliphatic carbocycles. The molecule has 0 saturated heterocycles. The second-order valence-corrected chi connectivity index (χ2v) is 4.99. The number of pyridine rings is 1. The van der Waals surface area contributed by atoms with Crippen molar-refractivity contribution in [1.82, 2.24) is 4.98 Å². The van der Waals surface area contributed by atoms with Gasteiger partial charge in [0.1, 0.15) is 11.6 Å². The molecule has 0 aliphatic heterocycles. The lowest BCUT2D eigenvalue weighted by Gasteiger charge is -2.26. The fourth-order valence-corrected chi connectivity index (χ4v) is 2.38. The molecule has 2 rings (SSSR count). The number of aliphatic hydroxyl groups excluding tert-OH is 1. The van der Waals surface area contributed by atoms with Gasteiger partial charge in [0.25, 0.3) is 0 Å². The third-order valence-electron chi connectivity index (χ3n) is 3.30. The monoisotopic (exact) mass is 290 g/mol. The van der Waals surface area contributed by atoms with Gasteiger partial charge in [-0.25, -0.2) is 4.98 Å². The molecule has 0 bridgehead atoms. The summed E-state index contributed by atoms with van der Waals surface area (Å²) in [6, 6.07) is 2.67. The third-order valence-corrected chi connectivity index (χ3v) is 3.30. The van der Waals surface area contributed by atoms with Gasteiger partial charge >= 0.3 is 6.36 Å². The molecule has 7 heteroatoms. The quantitative estimate of drug-likeness (QED) is 0.895. The molecule has 1 aromatic rings. The topological polar surface area (TPSA) is 54.4 Å². The Morgan fingerprint density at radius 2 is 2.15 bits per heavy atom. The lowest BCUT2D eigenvalue weighted by atomic mass is 9.87. The number of nitrogens with zero attached hydrogens (tertiary/aromatic N) is 1. The molecule has 0 amide bonds. The van der Waals surface area contributed by atoms with Gasteiger partial charge in [-0.1, -0.05) is 6.42 Å². The van der Waals surface area contributed by atoms with Crippen LogP contribution in [0.5, 0.6) is 5.75 Å². The van der Waals surface area contributed by atoms with Crippen LogP contribution in [0.4, 0.5) is 19.0 Å². The summed E-state index contributed by atoms with van der Waals surface area (Å²) >= 11 is 0. The Bertz CT molecular complexity index is 423. The van der Waals surface area contributed by atoms with E-state index in [0.717, 1.165) is 31.9 Å². The maximum absolute atomic E-state index is 12.0. The Morgan fingerprint density at radius 1 is 1.35 bits per heavy atom. The number of anilines is 1. The zero-order valence-corrected chi connectivity index (χ0v) is 10.9. The highest BCUT2D eigenvalue weighted by molar-refractivity contribution is 5.37. The van der Waals surface area contributed by atoms with E-state index in [0.29, 0.717) is 18.3 Å². The Balaban J connectivity index is 1.81. The molecular weight excluding hydrogens is 273 g/mol. The summed E-state index contributed by atoms with van der Waals surface area (Å²) in [4.78, 5) is 3.87. The van der Waals surface area contributed by atoms with Gasteiger partial charge in [-0.3, -0.25) is 0 Å². The number of halogens is 3. The second kappa shape index (κ2) is 6.30. The molecule has 20 heavy (non-hydrogen) atoms. The van der Waals surface area contributed by atoms with Crippen molar-refractivity contribution >= 4 is 5.82 Å². The SMILES string of the molecule is OC1CCCC(CNc2ccc(OC(F)(F)F)cn2)C1. The van der Waals surface area contributed by atoms with Crippen LogP contribution in [0.25, 0.3) is 0 Å². The molecule has 1 saturated carbocycles. The van der Waals surface area contributed by atoms with Crippen LogP contribution in [0.15, 0.2) is 18.3 Å². The lowest BCUT2D eigenvalue weighted by Crippen LogP contribution is -2.25. The third kappa shape index (κ3) is 4.88. The van der Waals surface area contributed by atoms with Gasteiger partial charge in [0.2, 0.25) is 0 Å². The summed E-state index contributed by atoms with van der Waals surface area (Å²) in [6.45, 7) is 0.656. The highest BCUT2D eigenvalue weighted by Crippen LogP contribution is 2.25. The van der Waals surface area contributed by atoms with Crippen molar-refractivity contribution in [2.75, 3.05) is 11.9 Å². The first kappa shape index (κ1) is 14.9. The summed E-state index contributed by atoms with van der Waals surface area (Å²) in [7, 11) is 0. The number of hydrogen-bond donors (Lipinski definition) is 2. The number of aliphatic hydroxyl groups is 1. The van der Waals surface area contributed by atoms with Crippen molar-refractivity contribution in [3.05, 3.63) is 18.3 Å². The van der Waals surface area contributed by atoms with E-state index in [9.17, 15) is 18.3 Å². The highest BCUT2D eigenvalue weighted by atomic mass is 19.4. The Labute approximate surface area is 115 Å². The summed E-state index contributed by atoms with van der Waals surface area (Å²) in [6.07, 6.45) is -0.273. The van der Waals surface area contributed by atoms with E-state index >= 15 is 0 Å². The Morgan fingerprint density at radius 3 is 2.75 bits per heavy atom. The van der Waals surface area contributed by atoms with Crippen LogP contribution in [-0.2, 0) is 0 Å². The predicted octanol–water partition coefficient (Wildman–Crippen LogP) is 2.94. The summed E-state index contributed by atoms with van der Waals surface area (Å²) in [5.74, 6) is 0.530.